The summed E-state index contributed by atoms with van der Waals surface area (Å²) in [5, 5.41) is 11.4. The van der Waals surface area contributed by atoms with Gasteiger partial charge in [-0.15, -0.1) is 0 Å². The van der Waals surface area contributed by atoms with E-state index in [4.69, 9.17) is 14.4 Å². The number of rotatable bonds is 3. The molecule has 106 valence electrons. The van der Waals surface area contributed by atoms with E-state index < -0.39 is 11.7 Å². The first kappa shape index (κ1) is 14.5. The number of fused-ring (bicyclic) bond motifs is 1. The minimum Gasteiger partial charge on any atom is -0.542 e. The molecule has 0 aromatic heterocycles. The van der Waals surface area contributed by atoms with E-state index in [9.17, 15) is 4.79 Å². The van der Waals surface area contributed by atoms with Crippen molar-refractivity contribution in [1.29, 1.82) is 0 Å². The lowest BCUT2D eigenvalue weighted by Gasteiger charge is -2.19. The Morgan fingerprint density at radius 3 is 2.80 bits per heavy atom. The van der Waals surface area contributed by atoms with Gasteiger partial charge in [-0.1, -0.05) is 6.07 Å². The highest BCUT2D eigenvalue weighted by Crippen LogP contribution is 2.28. The summed E-state index contributed by atoms with van der Waals surface area (Å²) in [6.07, 6.45) is 2.03. The Labute approximate surface area is 118 Å². The number of nitrogens with one attached hydrogen (secondary N) is 1. The van der Waals surface area contributed by atoms with Gasteiger partial charge in [0.2, 0.25) is 0 Å². The highest BCUT2D eigenvalue weighted by atomic mass is 16.6. The Kier molecular flexibility index (Phi) is 4.04. The van der Waals surface area contributed by atoms with Crippen molar-refractivity contribution in [2.24, 2.45) is 0 Å². The maximum absolute atomic E-state index is 11.7. The molecule has 0 saturated heterocycles. The Balaban J connectivity index is 2.05. The second-order valence-corrected chi connectivity index (χ2v) is 5.60. The lowest BCUT2D eigenvalue weighted by atomic mass is 10.1. The van der Waals surface area contributed by atoms with Gasteiger partial charge in [-0.2, -0.15) is 0 Å². The molecule has 0 aliphatic heterocycles. The van der Waals surface area contributed by atoms with Crippen molar-refractivity contribution < 1.29 is 19.2 Å². The Morgan fingerprint density at radius 2 is 2.15 bits per heavy atom. The second kappa shape index (κ2) is 5.59. The molecule has 0 unspecified atom stereocenters. The Bertz CT molecular complexity index is 549. The summed E-state index contributed by atoms with van der Waals surface area (Å²) < 4.78 is 10.3. The predicted octanol–water partition coefficient (Wildman–Crippen LogP) is 2.21. The molecule has 0 spiro atoms. The van der Waals surface area contributed by atoms with Crippen molar-refractivity contribution in [3.63, 3.8) is 0 Å². The topological polar surface area (TPSA) is 67.8 Å². The van der Waals surface area contributed by atoms with Gasteiger partial charge in [-0.3, -0.25) is 5.32 Å². The fourth-order valence-electron chi connectivity index (χ4n) is 1.98. The molecule has 2 N–H and O–H groups in total. The van der Waals surface area contributed by atoms with Crippen molar-refractivity contribution in [2.45, 2.75) is 32.8 Å². The van der Waals surface area contributed by atoms with Gasteiger partial charge in [0.1, 0.15) is 5.60 Å². The zero-order valence-corrected chi connectivity index (χ0v) is 11.9. The molecule has 0 heterocycles. The van der Waals surface area contributed by atoms with Gasteiger partial charge in [0.25, 0.3) is 0 Å². The maximum atomic E-state index is 11.7. The van der Waals surface area contributed by atoms with Crippen molar-refractivity contribution in [3.05, 3.63) is 35.1 Å². The number of hydrogen-bond acceptors (Lipinski definition) is 4. The molecule has 0 radical (unpaired) electrons. The van der Waals surface area contributed by atoms with Crippen molar-refractivity contribution >= 4 is 25.5 Å². The monoisotopic (exact) mass is 275 g/mol. The molecule has 0 fully saturated rings. The van der Waals surface area contributed by atoms with E-state index in [-0.39, 0.29) is 7.69 Å². The number of ether oxygens (including phenoxy) is 1. The summed E-state index contributed by atoms with van der Waals surface area (Å²) in [4.78, 5) is 11.7. The first-order chi connectivity index (χ1) is 9.37. The van der Waals surface area contributed by atoms with Crippen LogP contribution in [0, 0.1) is 0 Å². The minimum atomic E-state index is -0.525. The molecule has 1 aromatic rings. The smallest absolute Gasteiger partial charge is 0.503 e. The first-order valence-corrected chi connectivity index (χ1v) is 6.44. The third-order valence-electron chi connectivity index (χ3n) is 2.72. The van der Waals surface area contributed by atoms with Gasteiger partial charge in [0, 0.05) is 12.1 Å². The molecule has 1 aliphatic rings. The van der Waals surface area contributed by atoms with Crippen LogP contribution >= 0.6 is 0 Å². The molecule has 1 aromatic carbocycles. The summed E-state index contributed by atoms with van der Waals surface area (Å²) in [5.74, 6) is 0.719. The van der Waals surface area contributed by atoms with E-state index in [0.717, 1.165) is 16.9 Å². The standard InChI is InChI=1S/C14H18BNO4/c1-14(2,3)19-13(17)16-11-5-4-9-7-12(20-15-18)8-10(9)6-11/h4-6,8,15,18H,7H2,1-3H3,(H,16,17). The number of amides is 1. The quantitative estimate of drug-likeness (QED) is 0.830. The van der Waals surface area contributed by atoms with Crippen LogP contribution in [-0.4, -0.2) is 24.4 Å². The fourth-order valence-corrected chi connectivity index (χ4v) is 1.98. The number of hydrogen-bond donors (Lipinski definition) is 2. The number of allylic oxidation sites excluding steroid dienone is 1. The third kappa shape index (κ3) is 3.77. The molecule has 0 atom stereocenters. The van der Waals surface area contributed by atoms with Crippen LogP contribution in [0.15, 0.2) is 24.0 Å². The summed E-state index contributed by atoms with van der Waals surface area (Å²) in [6.45, 7) is 5.45. The molecular weight excluding hydrogens is 257 g/mol. The van der Waals surface area contributed by atoms with E-state index in [1.54, 1.807) is 0 Å². The highest BCUT2D eigenvalue weighted by Gasteiger charge is 2.18. The Hall–Kier alpha value is -1.95. The zero-order chi connectivity index (χ0) is 14.8. The van der Waals surface area contributed by atoms with E-state index in [2.05, 4.69) is 5.32 Å². The molecule has 1 aliphatic carbocycles. The molecule has 0 saturated carbocycles. The molecule has 0 bridgehead atoms. The normalized spacial score (nSPS) is 13.3. The van der Waals surface area contributed by atoms with Crippen LogP contribution in [0.2, 0.25) is 0 Å². The molecule has 5 nitrogen and oxygen atoms in total. The van der Waals surface area contributed by atoms with Gasteiger partial charge < -0.3 is 14.4 Å². The summed E-state index contributed by atoms with van der Waals surface area (Å²) in [7, 11) is -0.331. The second-order valence-electron chi connectivity index (χ2n) is 5.60. The fraction of sp³-hybridized carbons (Fsp3) is 0.357. The minimum absolute atomic E-state index is 0.331. The van der Waals surface area contributed by atoms with E-state index in [0.29, 0.717) is 12.1 Å². The summed E-state index contributed by atoms with van der Waals surface area (Å²) in [6, 6.07) is 5.59. The van der Waals surface area contributed by atoms with Crippen LogP contribution in [-0.2, 0) is 15.8 Å². The number of carbonyl (C=O) groups is 1. The van der Waals surface area contributed by atoms with Crippen LogP contribution < -0.4 is 5.32 Å². The van der Waals surface area contributed by atoms with Gasteiger partial charge >= 0.3 is 13.8 Å². The van der Waals surface area contributed by atoms with E-state index in [1.165, 1.54) is 0 Å². The van der Waals surface area contributed by atoms with Crippen LogP contribution in [0.3, 0.4) is 0 Å². The zero-order valence-electron chi connectivity index (χ0n) is 11.9. The molecule has 6 heteroatoms. The van der Waals surface area contributed by atoms with Crippen molar-refractivity contribution in [3.8, 4) is 0 Å². The maximum Gasteiger partial charge on any atom is 0.503 e. The Morgan fingerprint density at radius 1 is 1.40 bits per heavy atom. The molecular formula is C14H18BNO4. The number of carbonyl (C=O) groups excluding carboxylic acids is 1. The van der Waals surface area contributed by atoms with Gasteiger partial charge in [-0.05, 0) is 50.1 Å². The third-order valence-corrected chi connectivity index (χ3v) is 2.72. The number of anilines is 1. The van der Waals surface area contributed by atoms with Crippen LogP contribution in [0.25, 0.3) is 6.08 Å². The van der Waals surface area contributed by atoms with Crippen LogP contribution in [0.5, 0.6) is 0 Å². The average molecular weight is 275 g/mol. The SMILES string of the molecule is CC(C)(C)OC(=O)Nc1ccc2c(c1)C=C(OBO)C2. The average Bonchev–Trinajstić information content (AvgIpc) is 2.68. The molecule has 20 heavy (non-hydrogen) atoms. The van der Waals surface area contributed by atoms with Gasteiger partial charge in [0.05, 0.1) is 5.76 Å². The van der Waals surface area contributed by atoms with E-state index in [1.807, 2.05) is 45.0 Å². The lowest BCUT2D eigenvalue weighted by Crippen LogP contribution is -2.27. The van der Waals surface area contributed by atoms with Crippen LogP contribution in [0.4, 0.5) is 10.5 Å². The largest absolute Gasteiger partial charge is 0.542 e. The molecule has 1 amide bonds. The van der Waals surface area contributed by atoms with E-state index >= 15 is 0 Å². The van der Waals surface area contributed by atoms with Crippen LogP contribution in [0.1, 0.15) is 31.9 Å². The number of benzene rings is 1. The van der Waals surface area contributed by atoms with Crippen molar-refractivity contribution in [1.82, 2.24) is 0 Å². The summed E-state index contributed by atoms with van der Waals surface area (Å²) >= 11 is 0. The van der Waals surface area contributed by atoms with Crippen molar-refractivity contribution in [2.75, 3.05) is 5.32 Å². The highest BCUT2D eigenvalue weighted by molar-refractivity contribution is 6.16. The predicted molar refractivity (Wildman–Crippen MR) is 78.4 cm³/mol. The van der Waals surface area contributed by atoms with Gasteiger partial charge in [-0.25, -0.2) is 4.79 Å². The lowest BCUT2D eigenvalue weighted by molar-refractivity contribution is 0.0636. The van der Waals surface area contributed by atoms with Gasteiger partial charge in [0.15, 0.2) is 0 Å². The first-order valence-electron chi connectivity index (χ1n) is 6.44. The summed E-state index contributed by atoms with van der Waals surface area (Å²) in [5.41, 5.74) is 2.22. The molecule has 2 rings (SSSR count).